The molecule has 4 nitrogen and oxygen atoms in total. The minimum atomic E-state index is -1.00. The van der Waals surface area contributed by atoms with Gasteiger partial charge in [-0.05, 0) is 12.1 Å². The predicted octanol–water partition coefficient (Wildman–Crippen LogP) is 3.14. The van der Waals surface area contributed by atoms with Gasteiger partial charge in [0.15, 0.2) is 5.78 Å². The first-order valence-electron chi connectivity index (χ1n) is 6.08. The maximum atomic E-state index is 11.9. The Hall–Kier alpha value is -2.14. The molecule has 0 fully saturated rings. The Labute approximate surface area is 120 Å². The number of carboxylic acid groups (broad SMARTS) is 1. The number of nitrogens with zero attached hydrogens (tertiary/aromatic N) is 1. The van der Waals surface area contributed by atoms with E-state index in [0.717, 1.165) is 0 Å². The highest BCUT2D eigenvalue weighted by Crippen LogP contribution is 2.21. The summed E-state index contributed by atoms with van der Waals surface area (Å²) in [5.41, 5.74) is 0.845. The maximum absolute atomic E-state index is 11.9. The van der Waals surface area contributed by atoms with Gasteiger partial charge in [-0.1, -0.05) is 30.3 Å². The summed E-state index contributed by atoms with van der Waals surface area (Å²) >= 11 is 1.29. The number of benzene rings is 1. The molecule has 2 rings (SSSR count). The number of hydrogen-bond donors (Lipinski definition) is 1. The number of aromatic nitrogens is 1. The van der Waals surface area contributed by atoms with Crippen molar-refractivity contribution in [3.8, 4) is 0 Å². The number of carbonyl (C=O) groups excluding carboxylic acids is 1. The lowest BCUT2D eigenvalue weighted by Gasteiger charge is -2.04. The van der Waals surface area contributed by atoms with Gasteiger partial charge >= 0.3 is 5.97 Å². The van der Waals surface area contributed by atoms with Gasteiger partial charge in [0, 0.05) is 23.9 Å². The van der Waals surface area contributed by atoms with Crippen molar-refractivity contribution in [2.24, 2.45) is 0 Å². The quantitative estimate of drug-likeness (QED) is 0.653. The van der Waals surface area contributed by atoms with Crippen molar-refractivity contribution < 1.29 is 14.7 Å². The zero-order valence-electron chi connectivity index (χ0n) is 10.7. The fourth-order valence-electron chi connectivity index (χ4n) is 1.68. The fourth-order valence-corrected chi connectivity index (χ4v) is 2.60. The third-order valence-electron chi connectivity index (χ3n) is 2.67. The van der Waals surface area contributed by atoms with Crippen LogP contribution in [0.4, 0.5) is 0 Å². The zero-order valence-corrected chi connectivity index (χ0v) is 11.5. The van der Waals surface area contributed by atoms with Gasteiger partial charge in [-0.15, -0.1) is 11.8 Å². The summed E-state index contributed by atoms with van der Waals surface area (Å²) in [7, 11) is 0. The third kappa shape index (κ3) is 3.68. The summed E-state index contributed by atoms with van der Waals surface area (Å²) in [6, 6.07) is 12.1. The van der Waals surface area contributed by atoms with Crippen LogP contribution in [0, 0.1) is 0 Å². The predicted molar refractivity (Wildman–Crippen MR) is 77.3 cm³/mol. The Morgan fingerprint density at radius 3 is 2.55 bits per heavy atom. The van der Waals surface area contributed by atoms with Crippen molar-refractivity contribution in [2.75, 3.05) is 5.75 Å². The summed E-state index contributed by atoms with van der Waals surface area (Å²) < 4.78 is 0. The number of ketones is 1. The van der Waals surface area contributed by atoms with E-state index in [1.165, 1.54) is 17.8 Å². The number of hydrogen-bond acceptors (Lipinski definition) is 4. The smallest absolute Gasteiger partial charge is 0.338 e. The van der Waals surface area contributed by atoms with E-state index >= 15 is 0 Å². The van der Waals surface area contributed by atoms with Gasteiger partial charge in [0.05, 0.1) is 5.56 Å². The lowest BCUT2D eigenvalue weighted by molar-refractivity contribution is 0.0692. The molecule has 1 aromatic carbocycles. The van der Waals surface area contributed by atoms with Crippen LogP contribution in [-0.2, 0) is 0 Å². The average molecular weight is 287 g/mol. The highest BCUT2D eigenvalue weighted by molar-refractivity contribution is 7.99. The minimum absolute atomic E-state index is 0.0471. The molecule has 1 aromatic heterocycles. The number of carbonyl (C=O) groups is 2. The normalized spacial score (nSPS) is 10.2. The van der Waals surface area contributed by atoms with E-state index in [1.54, 1.807) is 24.4 Å². The van der Waals surface area contributed by atoms with Crippen LogP contribution < -0.4 is 0 Å². The summed E-state index contributed by atoms with van der Waals surface area (Å²) in [5, 5.41) is 9.48. The SMILES string of the molecule is O=C(CCSc1ncccc1C(=O)O)c1ccccc1. The molecule has 0 bridgehead atoms. The molecule has 0 radical (unpaired) electrons. The number of pyridine rings is 1. The largest absolute Gasteiger partial charge is 0.478 e. The van der Waals surface area contributed by atoms with Gasteiger partial charge in [0.1, 0.15) is 5.03 Å². The van der Waals surface area contributed by atoms with Gasteiger partial charge in [-0.25, -0.2) is 9.78 Å². The first-order valence-corrected chi connectivity index (χ1v) is 7.06. The first kappa shape index (κ1) is 14.3. The van der Waals surface area contributed by atoms with E-state index in [9.17, 15) is 9.59 Å². The van der Waals surface area contributed by atoms with Gasteiger partial charge in [-0.2, -0.15) is 0 Å². The number of rotatable bonds is 6. The van der Waals surface area contributed by atoms with Gasteiger partial charge < -0.3 is 5.11 Å². The van der Waals surface area contributed by atoms with Crippen LogP contribution in [0.25, 0.3) is 0 Å². The molecule has 0 saturated heterocycles. The molecular weight excluding hydrogens is 274 g/mol. The van der Waals surface area contributed by atoms with Gasteiger partial charge in [-0.3, -0.25) is 4.79 Å². The van der Waals surface area contributed by atoms with E-state index in [1.807, 2.05) is 18.2 Å². The summed E-state index contributed by atoms with van der Waals surface area (Å²) in [5.74, 6) is -0.453. The van der Waals surface area contributed by atoms with Crippen LogP contribution in [0.3, 0.4) is 0 Å². The van der Waals surface area contributed by atoms with Crippen LogP contribution in [0.5, 0.6) is 0 Å². The molecule has 0 amide bonds. The standard InChI is InChI=1S/C15H13NO3S/c17-13(11-5-2-1-3-6-11)8-10-20-14-12(15(18)19)7-4-9-16-14/h1-7,9H,8,10H2,(H,18,19). The highest BCUT2D eigenvalue weighted by atomic mass is 32.2. The highest BCUT2D eigenvalue weighted by Gasteiger charge is 2.12. The summed E-state index contributed by atoms with van der Waals surface area (Å²) in [6.45, 7) is 0. The monoisotopic (exact) mass is 287 g/mol. The van der Waals surface area contributed by atoms with Crippen LogP contribution in [-0.4, -0.2) is 27.6 Å². The summed E-state index contributed by atoms with van der Waals surface area (Å²) in [4.78, 5) is 27.0. The second-order valence-electron chi connectivity index (χ2n) is 4.05. The molecule has 0 saturated carbocycles. The van der Waals surface area contributed by atoms with Gasteiger partial charge in [0.25, 0.3) is 0 Å². The van der Waals surface area contributed by atoms with Gasteiger partial charge in [0.2, 0.25) is 0 Å². The molecule has 20 heavy (non-hydrogen) atoms. The second-order valence-corrected chi connectivity index (χ2v) is 5.13. The number of aromatic carboxylic acids is 1. The number of carboxylic acids is 1. The maximum Gasteiger partial charge on any atom is 0.338 e. The van der Waals surface area contributed by atoms with E-state index < -0.39 is 5.97 Å². The van der Waals surface area contributed by atoms with Crippen LogP contribution in [0.1, 0.15) is 27.1 Å². The Balaban J connectivity index is 1.94. The number of Topliss-reactive ketones (excluding diaryl/α,β-unsaturated/α-hetero) is 1. The van der Waals surface area contributed by atoms with Crippen molar-refractivity contribution in [2.45, 2.75) is 11.4 Å². The van der Waals surface area contributed by atoms with Crippen molar-refractivity contribution in [3.05, 3.63) is 59.8 Å². The number of thioether (sulfide) groups is 1. The Morgan fingerprint density at radius 1 is 1.10 bits per heavy atom. The molecule has 0 aliphatic heterocycles. The second kappa shape index (κ2) is 6.86. The van der Waals surface area contributed by atoms with E-state index in [2.05, 4.69) is 4.98 Å². The molecule has 0 aliphatic rings. The van der Waals surface area contributed by atoms with E-state index in [0.29, 0.717) is 22.8 Å². The summed E-state index contributed by atoms with van der Waals surface area (Å²) in [6.07, 6.45) is 1.90. The molecule has 5 heteroatoms. The van der Waals surface area contributed by atoms with Crippen LogP contribution in [0.15, 0.2) is 53.7 Å². The topological polar surface area (TPSA) is 67.3 Å². The third-order valence-corrected chi connectivity index (χ3v) is 3.67. The molecular formula is C15H13NO3S. The molecule has 0 atom stereocenters. The molecule has 1 N–H and O–H groups in total. The average Bonchev–Trinajstić information content (AvgIpc) is 2.48. The minimum Gasteiger partial charge on any atom is -0.478 e. The van der Waals surface area contributed by atoms with E-state index in [4.69, 9.17) is 5.11 Å². The lowest BCUT2D eigenvalue weighted by atomic mass is 10.1. The van der Waals surface area contributed by atoms with Crippen molar-refractivity contribution in [3.63, 3.8) is 0 Å². The lowest BCUT2D eigenvalue weighted by Crippen LogP contribution is -2.03. The molecule has 102 valence electrons. The Kier molecular flexibility index (Phi) is 4.90. The van der Waals surface area contributed by atoms with E-state index in [-0.39, 0.29) is 11.3 Å². The van der Waals surface area contributed by atoms with Crippen LogP contribution in [0.2, 0.25) is 0 Å². The van der Waals surface area contributed by atoms with Crippen molar-refractivity contribution in [1.82, 2.24) is 4.98 Å². The Bertz CT molecular complexity index is 614. The van der Waals surface area contributed by atoms with Crippen LogP contribution >= 0.6 is 11.8 Å². The Morgan fingerprint density at radius 2 is 1.85 bits per heavy atom. The fraction of sp³-hybridized carbons (Fsp3) is 0.133. The molecule has 0 aliphatic carbocycles. The van der Waals surface area contributed by atoms with Crippen molar-refractivity contribution in [1.29, 1.82) is 0 Å². The first-order chi connectivity index (χ1) is 9.68. The molecule has 0 unspecified atom stereocenters. The zero-order chi connectivity index (χ0) is 14.4. The molecule has 1 heterocycles. The molecule has 2 aromatic rings. The molecule has 0 spiro atoms. The van der Waals surface area contributed by atoms with Crippen molar-refractivity contribution >= 4 is 23.5 Å².